The minimum Gasteiger partial charge on any atom is -0.462 e. The van der Waals surface area contributed by atoms with Crippen molar-refractivity contribution in [2.45, 2.75) is 32.6 Å². The van der Waals surface area contributed by atoms with Crippen LogP contribution in [-0.2, 0) is 9.53 Å². The summed E-state index contributed by atoms with van der Waals surface area (Å²) >= 11 is 1.07. The average molecular weight is 369 g/mol. The number of nitrogens with zero attached hydrogens (tertiary/aromatic N) is 2. The predicted octanol–water partition coefficient (Wildman–Crippen LogP) is 4.01. The lowest BCUT2D eigenvalue weighted by Gasteiger charge is -2.17. The van der Waals surface area contributed by atoms with Crippen molar-refractivity contribution in [2.75, 3.05) is 11.9 Å². The summed E-state index contributed by atoms with van der Waals surface area (Å²) in [5, 5.41) is 12.5. The fourth-order valence-corrected chi connectivity index (χ4v) is 3.96. The van der Waals surface area contributed by atoms with E-state index in [0.717, 1.165) is 29.7 Å². The van der Waals surface area contributed by atoms with E-state index < -0.39 is 11.4 Å². The van der Waals surface area contributed by atoms with Gasteiger partial charge >= 0.3 is 5.97 Å². The van der Waals surface area contributed by atoms with Crippen molar-refractivity contribution < 1.29 is 14.3 Å². The third-order valence-corrected chi connectivity index (χ3v) is 5.41. The number of esters is 1. The molecule has 6 nitrogen and oxygen atoms in total. The number of ether oxygens (including phenoxy) is 1. The Morgan fingerprint density at radius 1 is 1.31 bits per heavy atom. The molecule has 3 rings (SSSR count). The maximum absolute atomic E-state index is 12.6. The number of nitrogens with one attached hydrogen (secondary N) is 1. The zero-order valence-electron chi connectivity index (χ0n) is 14.4. The van der Waals surface area contributed by atoms with Crippen LogP contribution in [0.5, 0.6) is 0 Å². The molecule has 0 unspecified atom stereocenters. The van der Waals surface area contributed by atoms with Gasteiger partial charge in [-0.3, -0.25) is 4.79 Å². The lowest BCUT2D eigenvalue weighted by Crippen LogP contribution is -2.32. The number of benzene rings is 1. The zero-order valence-corrected chi connectivity index (χ0v) is 15.3. The molecular formula is C19H19N3O3S. The number of hydrogen-bond acceptors (Lipinski definition) is 6. The Kier molecular flexibility index (Phi) is 5.33. The van der Waals surface area contributed by atoms with Gasteiger partial charge in [0.05, 0.1) is 18.4 Å². The van der Waals surface area contributed by atoms with Crippen LogP contribution in [0.25, 0.3) is 11.3 Å². The van der Waals surface area contributed by atoms with Crippen LogP contribution in [-0.4, -0.2) is 23.5 Å². The molecule has 7 heteroatoms. The van der Waals surface area contributed by atoms with E-state index >= 15 is 0 Å². The van der Waals surface area contributed by atoms with Gasteiger partial charge in [0.2, 0.25) is 5.91 Å². The van der Waals surface area contributed by atoms with Gasteiger partial charge in [-0.05, 0) is 19.8 Å². The number of nitriles is 1. The first kappa shape index (κ1) is 18.1. The Hall–Kier alpha value is -2.72. The molecule has 0 bridgehead atoms. The number of hydrogen-bond donors (Lipinski definition) is 1. The molecule has 134 valence electrons. The van der Waals surface area contributed by atoms with Gasteiger partial charge in [0, 0.05) is 5.56 Å². The van der Waals surface area contributed by atoms with E-state index in [1.54, 1.807) is 6.92 Å². The molecule has 26 heavy (non-hydrogen) atoms. The van der Waals surface area contributed by atoms with Gasteiger partial charge in [0.25, 0.3) is 0 Å². The van der Waals surface area contributed by atoms with Crippen LogP contribution in [0.15, 0.2) is 30.3 Å². The van der Waals surface area contributed by atoms with Crippen LogP contribution >= 0.6 is 11.3 Å². The van der Waals surface area contributed by atoms with E-state index in [2.05, 4.69) is 16.4 Å². The van der Waals surface area contributed by atoms with Gasteiger partial charge in [0.1, 0.15) is 10.3 Å². The van der Waals surface area contributed by atoms with Crippen LogP contribution in [0.3, 0.4) is 0 Å². The lowest BCUT2D eigenvalue weighted by molar-refractivity contribution is -0.122. The standard InChI is InChI=1S/C19H19N3O3S/c1-2-25-16(23)15-14(13-8-4-3-5-9-13)21-18(26-15)22-17(24)19(12-20)10-6-7-11-19/h3-5,8-9H,2,6-7,10-11H2,1H3,(H,21,22,24). The summed E-state index contributed by atoms with van der Waals surface area (Å²) in [5.74, 6) is -0.818. The van der Waals surface area contributed by atoms with Gasteiger partial charge in [0.15, 0.2) is 5.13 Å². The monoisotopic (exact) mass is 369 g/mol. The minimum atomic E-state index is -0.997. The molecule has 1 heterocycles. The molecule has 1 aromatic carbocycles. The summed E-state index contributed by atoms with van der Waals surface area (Å²) < 4.78 is 5.12. The minimum absolute atomic E-state index is 0.254. The second-order valence-electron chi connectivity index (χ2n) is 6.14. The van der Waals surface area contributed by atoms with Crippen LogP contribution < -0.4 is 5.32 Å². The summed E-state index contributed by atoms with van der Waals surface area (Å²) in [4.78, 5) is 29.7. The van der Waals surface area contributed by atoms with Crippen molar-refractivity contribution in [3.8, 4) is 17.3 Å². The summed E-state index contributed by atoms with van der Waals surface area (Å²) in [7, 11) is 0. The largest absolute Gasteiger partial charge is 0.462 e. The molecule has 0 spiro atoms. The molecule has 0 atom stereocenters. The van der Waals surface area contributed by atoms with E-state index in [9.17, 15) is 14.9 Å². The van der Waals surface area contributed by atoms with E-state index in [1.165, 1.54) is 0 Å². The lowest BCUT2D eigenvalue weighted by atomic mass is 9.87. The van der Waals surface area contributed by atoms with E-state index in [1.807, 2.05) is 30.3 Å². The van der Waals surface area contributed by atoms with Crippen molar-refractivity contribution in [2.24, 2.45) is 5.41 Å². The van der Waals surface area contributed by atoms with Gasteiger partial charge in [-0.1, -0.05) is 54.5 Å². The second kappa shape index (κ2) is 7.67. The smallest absolute Gasteiger partial charge is 0.350 e. The Morgan fingerprint density at radius 2 is 2.00 bits per heavy atom. The fourth-order valence-electron chi connectivity index (χ4n) is 3.09. The first-order valence-corrected chi connectivity index (χ1v) is 9.37. The molecule has 1 aliphatic rings. The molecule has 1 aromatic heterocycles. The Bertz CT molecular complexity index is 849. The number of rotatable bonds is 5. The summed E-state index contributed by atoms with van der Waals surface area (Å²) in [6.07, 6.45) is 2.83. The fraction of sp³-hybridized carbons (Fsp3) is 0.368. The summed E-state index contributed by atoms with van der Waals surface area (Å²) in [6, 6.07) is 11.4. The van der Waals surface area contributed by atoms with Crippen molar-refractivity contribution in [3.05, 3.63) is 35.2 Å². The third-order valence-electron chi connectivity index (χ3n) is 4.46. The first-order chi connectivity index (χ1) is 12.6. The topological polar surface area (TPSA) is 92.1 Å². The number of anilines is 1. The highest BCUT2D eigenvalue weighted by molar-refractivity contribution is 7.18. The van der Waals surface area contributed by atoms with Crippen molar-refractivity contribution in [1.29, 1.82) is 5.26 Å². The van der Waals surface area contributed by atoms with E-state index in [-0.39, 0.29) is 12.5 Å². The van der Waals surface area contributed by atoms with Gasteiger partial charge in [-0.15, -0.1) is 0 Å². The molecule has 2 aromatic rings. The molecule has 1 amide bonds. The van der Waals surface area contributed by atoms with E-state index in [0.29, 0.717) is 28.5 Å². The van der Waals surface area contributed by atoms with Crippen LogP contribution in [0.1, 0.15) is 42.3 Å². The van der Waals surface area contributed by atoms with Crippen LogP contribution in [0.4, 0.5) is 5.13 Å². The predicted molar refractivity (Wildman–Crippen MR) is 98.7 cm³/mol. The zero-order chi connectivity index (χ0) is 18.6. The van der Waals surface area contributed by atoms with E-state index in [4.69, 9.17) is 4.74 Å². The SMILES string of the molecule is CCOC(=O)c1sc(NC(=O)C2(C#N)CCCC2)nc1-c1ccccc1. The van der Waals surface area contributed by atoms with Gasteiger partial charge in [-0.2, -0.15) is 5.26 Å². The highest BCUT2D eigenvalue weighted by atomic mass is 32.1. The number of carbonyl (C=O) groups is 2. The van der Waals surface area contributed by atoms with Crippen LogP contribution in [0.2, 0.25) is 0 Å². The van der Waals surface area contributed by atoms with Gasteiger partial charge < -0.3 is 10.1 Å². The van der Waals surface area contributed by atoms with Crippen LogP contribution in [0, 0.1) is 16.7 Å². The first-order valence-electron chi connectivity index (χ1n) is 8.56. The molecular weight excluding hydrogens is 350 g/mol. The van der Waals surface area contributed by atoms with Gasteiger partial charge in [-0.25, -0.2) is 9.78 Å². The molecule has 0 aliphatic heterocycles. The normalized spacial score (nSPS) is 15.2. The Morgan fingerprint density at radius 3 is 2.62 bits per heavy atom. The molecule has 1 saturated carbocycles. The molecule has 0 radical (unpaired) electrons. The average Bonchev–Trinajstić information content (AvgIpc) is 3.30. The number of amides is 1. The molecule has 0 saturated heterocycles. The number of carbonyl (C=O) groups excluding carboxylic acids is 2. The Labute approximate surface area is 155 Å². The van der Waals surface area contributed by atoms with Crippen molar-refractivity contribution in [3.63, 3.8) is 0 Å². The maximum atomic E-state index is 12.6. The Balaban J connectivity index is 1.92. The highest BCUT2D eigenvalue weighted by Gasteiger charge is 2.42. The molecule has 1 N–H and O–H groups in total. The summed E-state index contributed by atoms with van der Waals surface area (Å²) in [5.41, 5.74) is 0.243. The molecule has 1 aliphatic carbocycles. The number of thiazole rings is 1. The molecule has 1 fully saturated rings. The second-order valence-corrected chi connectivity index (χ2v) is 7.14. The quantitative estimate of drug-likeness (QED) is 0.804. The van der Waals surface area contributed by atoms with Crippen molar-refractivity contribution in [1.82, 2.24) is 4.98 Å². The highest BCUT2D eigenvalue weighted by Crippen LogP contribution is 2.39. The number of aromatic nitrogens is 1. The van der Waals surface area contributed by atoms with Crippen molar-refractivity contribution >= 4 is 28.3 Å². The third kappa shape index (κ3) is 3.46. The maximum Gasteiger partial charge on any atom is 0.350 e. The summed E-state index contributed by atoms with van der Waals surface area (Å²) in [6.45, 7) is 1.99.